The van der Waals surface area contributed by atoms with Gasteiger partial charge in [-0.3, -0.25) is 14.5 Å². The number of pyridine rings is 3. The van der Waals surface area contributed by atoms with Crippen LogP contribution in [0.3, 0.4) is 0 Å². The normalized spacial score (nSPS) is 12.1. The van der Waals surface area contributed by atoms with Gasteiger partial charge in [-0.05, 0) is 54.6 Å². The first-order chi connectivity index (χ1) is 19.4. The van der Waals surface area contributed by atoms with Crippen LogP contribution in [0.25, 0.3) is 77.1 Å². The Morgan fingerprint density at radius 3 is 2.38 bits per heavy atom. The summed E-state index contributed by atoms with van der Waals surface area (Å²) in [4.78, 5) is 17.9. The highest BCUT2D eigenvalue weighted by Gasteiger charge is 2.22. The predicted molar refractivity (Wildman–Crippen MR) is 158 cm³/mol. The molecule has 6 aromatic heterocycles. The van der Waals surface area contributed by atoms with E-state index in [0.29, 0.717) is 0 Å². The molecule has 1 N–H and O–H groups in total. The minimum absolute atomic E-state index is 0.897. The molecule has 6 heterocycles. The zero-order valence-electron chi connectivity index (χ0n) is 20.7. The molecule has 0 saturated heterocycles. The Morgan fingerprint density at radius 2 is 1.44 bits per heavy atom. The molecule has 39 heavy (non-hydrogen) atoms. The smallest absolute Gasteiger partial charge is 0.147 e. The van der Waals surface area contributed by atoms with E-state index >= 15 is 0 Å². The van der Waals surface area contributed by atoms with E-state index in [1.165, 1.54) is 10.8 Å². The molecule has 182 valence electrons. The monoisotopic (exact) mass is 500 g/mol. The van der Waals surface area contributed by atoms with Gasteiger partial charge in [0.2, 0.25) is 0 Å². The van der Waals surface area contributed by atoms with Gasteiger partial charge in [0, 0.05) is 62.5 Å². The second-order valence-corrected chi connectivity index (χ2v) is 9.89. The van der Waals surface area contributed by atoms with Crippen molar-refractivity contribution in [3.8, 4) is 11.4 Å². The fourth-order valence-corrected chi connectivity index (χ4v) is 6.19. The van der Waals surface area contributed by atoms with Crippen LogP contribution in [0.2, 0.25) is 0 Å². The molecule has 9 aromatic rings. The highest BCUT2D eigenvalue weighted by molar-refractivity contribution is 6.24. The van der Waals surface area contributed by atoms with Gasteiger partial charge >= 0.3 is 0 Å². The SMILES string of the molecule is c1ccc(-n2c3cnccc3c3c2ncc2c4ncccc4n(-c4ccc5[nH]c6ccccc6c5c4)c23)cc1. The van der Waals surface area contributed by atoms with Crippen LogP contribution >= 0.6 is 0 Å². The minimum atomic E-state index is 0.897. The Balaban J connectivity index is 1.49. The van der Waals surface area contributed by atoms with E-state index < -0.39 is 0 Å². The second kappa shape index (κ2) is 7.52. The van der Waals surface area contributed by atoms with Crippen molar-refractivity contribution >= 4 is 65.7 Å². The van der Waals surface area contributed by atoms with Gasteiger partial charge in [-0.15, -0.1) is 0 Å². The van der Waals surface area contributed by atoms with Gasteiger partial charge in [0.05, 0.1) is 33.6 Å². The van der Waals surface area contributed by atoms with Gasteiger partial charge in [-0.2, -0.15) is 0 Å². The van der Waals surface area contributed by atoms with Crippen molar-refractivity contribution in [2.75, 3.05) is 0 Å². The number of H-pyrrole nitrogens is 1. The first-order valence-corrected chi connectivity index (χ1v) is 13.0. The molecule has 0 aliphatic rings. The molecule has 6 heteroatoms. The number of para-hydroxylation sites is 2. The van der Waals surface area contributed by atoms with Crippen molar-refractivity contribution in [3.05, 3.63) is 116 Å². The highest BCUT2D eigenvalue weighted by Crippen LogP contribution is 2.40. The fourth-order valence-electron chi connectivity index (χ4n) is 6.19. The zero-order chi connectivity index (χ0) is 25.5. The molecule has 0 atom stereocenters. The summed E-state index contributed by atoms with van der Waals surface area (Å²) in [6.45, 7) is 0. The van der Waals surface area contributed by atoms with Crippen LogP contribution in [0.5, 0.6) is 0 Å². The Morgan fingerprint density at radius 1 is 0.564 bits per heavy atom. The van der Waals surface area contributed by atoms with E-state index in [-0.39, 0.29) is 0 Å². The van der Waals surface area contributed by atoms with Crippen LogP contribution in [0.1, 0.15) is 0 Å². The first-order valence-electron chi connectivity index (χ1n) is 13.0. The quantitative estimate of drug-likeness (QED) is 0.264. The number of fused-ring (bicyclic) bond motifs is 10. The molecule has 0 amide bonds. The summed E-state index contributed by atoms with van der Waals surface area (Å²) in [5, 5.41) is 5.64. The summed E-state index contributed by atoms with van der Waals surface area (Å²) in [7, 11) is 0. The van der Waals surface area contributed by atoms with Crippen molar-refractivity contribution in [1.29, 1.82) is 0 Å². The largest absolute Gasteiger partial charge is 0.355 e. The molecule has 0 unspecified atom stereocenters. The number of aromatic nitrogens is 6. The van der Waals surface area contributed by atoms with Crippen molar-refractivity contribution in [2.24, 2.45) is 0 Å². The van der Waals surface area contributed by atoms with Crippen LogP contribution in [0.15, 0.2) is 116 Å². The summed E-state index contributed by atoms with van der Waals surface area (Å²) in [5.41, 5.74) is 9.41. The number of hydrogen-bond acceptors (Lipinski definition) is 3. The molecule has 0 radical (unpaired) electrons. The maximum atomic E-state index is 5.04. The summed E-state index contributed by atoms with van der Waals surface area (Å²) < 4.78 is 4.55. The van der Waals surface area contributed by atoms with E-state index in [9.17, 15) is 0 Å². The van der Waals surface area contributed by atoms with Crippen LogP contribution < -0.4 is 0 Å². The molecule has 6 nitrogen and oxygen atoms in total. The van der Waals surface area contributed by atoms with Crippen molar-refractivity contribution in [1.82, 2.24) is 29.1 Å². The van der Waals surface area contributed by atoms with Crippen LogP contribution in [0.4, 0.5) is 0 Å². The number of aromatic amines is 1. The Hall–Kier alpha value is -5.49. The lowest BCUT2D eigenvalue weighted by Crippen LogP contribution is -1.97. The number of nitrogens with one attached hydrogen (secondary N) is 1. The van der Waals surface area contributed by atoms with Gasteiger partial charge in [0.1, 0.15) is 5.65 Å². The van der Waals surface area contributed by atoms with E-state index in [1.54, 1.807) is 0 Å². The van der Waals surface area contributed by atoms with Gasteiger partial charge in [-0.1, -0.05) is 36.4 Å². The van der Waals surface area contributed by atoms with Gasteiger partial charge in [0.25, 0.3) is 0 Å². The minimum Gasteiger partial charge on any atom is -0.355 e. The molecule has 0 fully saturated rings. The Bertz CT molecular complexity index is 2390. The topological polar surface area (TPSA) is 64.3 Å². The third kappa shape index (κ3) is 2.72. The average molecular weight is 501 g/mol. The summed E-state index contributed by atoms with van der Waals surface area (Å²) in [5.74, 6) is 0. The van der Waals surface area contributed by atoms with Gasteiger partial charge in [-0.25, -0.2) is 4.98 Å². The maximum Gasteiger partial charge on any atom is 0.147 e. The summed E-state index contributed by atoms with van der Waals surface area (Å²) in [6.07, 6.45) is 7.62. The molecule has 0 aliphatic heterocycles. The zero-order valence-corrected chi connectivity index (χ0v) is 20.7. The third-order valence-electron chi connectivity index (χ3n) is 7.82. The number of benzene rings is 3. The van der Waals surface area contributed by atoms with E-state index in [2.05, 4.69) is 98.0 Å². The highest BCUT2D eigenvalue weighted by atomic mass is 15.1. The van der Waals surface area contributed by atoms with Gasteiger partial charge < -0.3 is 9.55 Å². The van der Waals surface area contributed by atoms with Crippen LogP contribution in [0, 0.1) is 0 Å². The average Bonchev–Trinajstić information content (AvgIpc) is 3.64. The molecular formula is C33H20N6. The van der Waals surface area contributed by atoms with Crippen LogP contribution in [-0.4, -0.2) is 29.1 Å². The molecule has 9 rings (SSSR count). The third-order valence-corrected chi connectivity index (χ3v) is 7.82. The van der Waals surface area contributed by atoms with E-state index in [1.807, 2.05) is 36.9 Å². The van der Waals surface area contributed by atoms with Crippen molar-refractivity contribution in [2.45, 2.75) is 0 Å². The van der Waals surface area contributed by atoms with Crippen LogP contribution in [-0.2, 0) is 0 Å². The lowest BCUT2D eigenvalue weighted by molar-refractivity contribution is 1.13. The molecular weight excluding hydrogens is 480 g/mol. The van der Waals surface area contributed by atoms with E-state index in [4.69, 9.17) is 9.97 Å². The molecule has 0 spiro atoms. The first kappa shape index (κ1) is 20.6. The fraction of sp³-hybridized carbons (Fsp3) is 0. The molecule has 0 aliphatic carbocycles. The maximum absolute atomic E-state index is 5.04. The standard InChI is InChI=1S/C33H20N6/c1-2-7-20(8-3-1)39-29-19-34-16-14-23(29)30-32-25(18-36-33(30)39)31-28(11-6-15-35-31)38(32)21-12-13-27-24(17-21)22-9-4-5-10-26(22)37-27/h1-19,37H. The Labute approximate surface area is 221 Å². The van der Waals surface area contributed by atoms with E-state index in [0.717, 1.165) is 66.3 Å². The number of rotatable bonds is 2. The van der Waals surface area contributed by atoms with Gasteiger partial charge in [0.15, 0.2) is 0 Å². The summed E-state index contributed by atoms with van der Waals surface area (Å²) >= 11 is 0. The predicted octanol–water partition coefficient (Wildman–Crippen LogP) is 7.70. The summed E-state index contributed by atoms with van der Waals surface area (Å²) in [6, 6.07) is 31.7. The lowest BCUT2D eigenvalue weighted by atomic mass is 10.1. The molecule has 0 bridgehead atoms. The van der Waals surface area contributed by atoms with Crippen molar-refractivity contribution < 1.29 is 0 Å². The second-order valence-electron chi connectivity index (χ2n) is 9.89. The Kier molecular flexibility index (Phi) is 3.96. The van der Waals surface area contributed by atoms with Crippen molar-refractivity contribution in [3.63, 3.8) is 0 Å². The number of nitrogens with zero attached hydrogens (tertiary/aromatic N) is 5. The molecule has 3 aromatic carbocycles. The lowest BCUT2D eigenvalue weighted by Gasteiger charge is -2.10. The molecule has 0 saturated carbocycles. The number of hydrogen-bond donors (Lipinski definition) is 1.